The fourth-order valence-corrected chi connectivity index (χ4v) is 3.02. The molecule has 9 heavy (non-hydrogen) atoms. The van der Waals surface area contributed by atoms with Gasteiger partial charge < -0.3 is 0 Å². The number of thiophene rings is 1. The summed E-state index contributed by atoms with van der Waals surface area (Å²) in [6, 6.07) is 0. The second kappa shape index (κ2) is 2.16. The van der Waals surface area contributed by atoms with Crippen molar-refractivity contribution in [2.24, 2.45) is 0 Å². The van der Waals surface area contributed by atoms with Crippen LogP contribution in [0.5, 0.6) is 0 Å². The average Bonchev–Trinajstić information content (AvgIpc) is 2.35. The zero-order chi connectivity index (χ0) is 6.27. The van der Waals surface area contributed by atoms with Gasteiger partial charge in [0.05, 0.1) is 0 Å². The average molecular weight is 178 g/mol. The minimum absolute atomic E-state index is 0.0243. The van der Waals surface area contributed by atoms with Gasteiger partial charge in [0.2, 0.25) is 0 Å². The van der Waals surface area contributed by atoms with Crippen LogP contribution in [0.3, 0.4) is 0 Å². The van der Waals surface area contributed by atoms with Crippen molar-refractivity contribution in [2.75, 3.05) is 0 Å². The first-order valence-corrected chi connectivity index (χ1v) is 4.70. The molecule has 1 unspecified atom stereocenters. The lowest BCUT2D eigenvalue weighted by molar-refractivity contribution is 0.954. The summed E-state index contributed by atoms with van der Waals surface area (Å²) in [6.45, 7) is 0. The van der Waals surface area contributed by atoms with Crippen molar-refractivity contribution in [3.05, 3.63) is 16.3 Å². The molecule has 1 nitrogen and oxygen atoms in total. The van der Waals surface area contributed by atoms with Crippen LogP contribution in [0.25, 0.3) is 0 Å². The van der Waals surface area contributed by atoms with Gasteiger partial charge in [0.1, 0.15) is 5.50 Å². The Kier molecular flexibility index (Phi) is 1.45. The second-order valence-corrected chi connectivity index (χ2v) is 3.83. The zero-order valence-electron chi connectivity index (χ0n) is 4.43. The van der Waals surface area contributed by atoms with E-state index in [-0.39, 0.29) is 5.50 Å². The molecule has 1 atom stereocenters. The number of hydrogen-bond acceptors (Lipinski definition) is 3. The van der Waals surface area contributed by atoms with E-state index in [2.05, 4.69) is 15.5 Å². The van der Waals surface area contributed by atoms with E-state index >= 15 is 0 Å². The summed E-state index contributed by atoms with van der Waals surface area (Å²) >= 11 is 9.17. The van der Waals surface area contributed by atoms with Crippen molar-refractivity contribution in [2.45, 2.75) is 10.4 Å². The topological polar surface area (TPSA) is 12.0 Å². The lowest BCUT2D eigenvalue weighted by Crippen LogP contribution is -1.97. The van der Waals surface area contributed by atoms with Crippen LogP contribution in [0.1, 0.15) is 11.1 Å². The largest absolute Gasteiger partial charge is 0.238 e. The van der Waals surface area contributed by atoms with E-state index < -0.39 is 0 Å². The maximum atomic E-state index is 5.86. The standard InChI is InChI=1S/C5H4ClNS2/c6-5-3-1-8-2-4(3)9-7-5/h1-2,5,7H. The van der Waals surface area contributed by atoms with E-state index in [0.717, 1.165) is 0 Å². The molecule has 1 aromatic heterocycles. The minimum Gasteiger partial charge on any atom is -0.238 e. The third-order valence-electron chi connectivity index (χ3n) is 1.20. The maximum Gasteiger partial charge on any atom is 0.119 e. The fourth-order valence-electron chi connectivity index (χ4n) is 0.742. The highest BCUT2D eigenvalue weighted by atomic mass is 35.5. The second-order valence-electron chi connectivity index (χ2n) is 1.77. The van der Waals surface area contributed by atoms with Crippen LogP contribution in [-0.4, -0.2) is 0 Å². The van der Waals surface area contributed by atoms with E-state index in [4.69, 9.17) is 11.6 Å². The number of halogens is 1. The molecule has 1 aliphatic heterocycles. The monoisotopic (exact) mass is 177 g/mol. The van der Waals surface area contributed by atoms with Crippen LogP contribution < -0.4 is 4.72 Å². The van der Waals surface area contributed by atoms with Gasteiger partial charge in [-0.05, 0) is 17.3 Å². The Morgan fingerprint density at radius 1 is 1.56 bits per heavy atom. The summed E-state index contributed by atoms with van der Waals surface area (Å²) in [5.74, 6) is 0. The highest BCUT2D eigenvalue weighted by Crippen LogP contribution is 2.39. The number of nitrogens with one attached hydrogen (secondary N) is 1. The van der Waals surface area contributed by atoms with Crippen LogP contribution in [0.15, 0.2) is 15.7 Å². The van der Waals surface area contributed by atoms with E-state index in [0.29, 0.717) is 0 Å². The molecule has 0 aliphatic carbocycles. The molecule has 0 bridgehead atoms. The SMILES string of the molecule is ClC1NSc2cscc21. The lowest BCUT2D eigenvalue weighted by Gasteiger charge is -1.94. The van der Waals surface area contributed by atoms with Gasteiger partial charge in [-0.2, -0.15) is 11.3 Å². The number of hydrogen-bond donors (Lipinski definition) is 1. The third-order valence-corrected chi connectivity index (χ3v) is 3.51. The first kappa shape index (κ1) is 6.04. The van der Waals surface area contributed by atoms with Crippen molar-refractivity contribution in [1.29, 1.82) is 0 Å². The lowest BCUT2D eigenvalue weighted by atomic mass is 10.3. The Labute approximate surface area is 66.5 Å². The molecule has 0 fully saturated rings. The summed E-state index contributed by atoms with van der Waals surface area (Å²) in [5, 5.41) is 4.19. The highest BCUT2D eigenvalue weighted by molar-refractivity contribution is 7.97. The molecule has 0 aromatic carbocycles. The van der Waals surface area contributed by atoms with Crippen molar-refractivity contribution in [3.63, 3.8) is 0 Å². The molecule has 0 spiro atoms. The quantitative estimate of drug-likeness (QED) is 0.372. The summed E-state index contributed by atoms with van der Waals surface area (Å²) < 4.78 is 3.05. The Morgan fingerprint density at radius 2 is 2.44 bits per heavy atom. The maximum absolute atomic E-state index is 5.86. The molecule has 1 aromatic rings. The van der Waals surface area contributed by atoms with Gasteiger partial charge in [0.15, 0.2) is 0 Å². The Hall–Kier alpha value is 0.300. The molecule has 48 valence electrons. The summed E-state index contributed by atoms with van der Waals surface area (Å²) in [6.07, 6.45) is 0. The van der Waals surface area contributed by atoms with E-state index in [1.165, 1.54) is 10.5 Å². The Bertz CT molecular complexity index is 222. The fraction of sp³-hybridized carbons (Fsp3) is 0.200. The smallest absolute Gasteiger partial charge is 0.119 e. The van der Waals surface area contributed by atoms with Gasteiger partial charge in [-0.3, -0.25) is 0 Å². The van der Waals surface area contributed by atoms with Gasteiger partial charge in [0, 0.05) is 15.8 Å². The third kappa shape index (κ3) is 0.884. The van der Waals surface area contributed by atoms with Crippen molar-refractivity contribution in [3.8, 4) is 0 Å². The Balaban J connectivity index is 2.49. The first-order valence-electron chi connectivity index (χ1n) is 2.50. The molecule has 0 saturated heterocycles. The van der Waals surface area contributed by atoms with Crippen molar-refractivity contribution >= 4 is 34.9 Å². The predicted molar refractivity (Wildman–Crippen MR) is 41.9 cm³/mol. The van der Waals surface area contributed by atoms with Crippen LogP contribution in [0, 0.1) is 0 Å². The number of fused-ring (bicyclic) bond motifs is 1. The molecule has 0 saturated carbocycles. The van der Waals surface area contributed by atoms with Gasteiger partial charge in [0.25, 0.3) is 0 Å². The number of rotatable bonds is 0. The summed E-state index contributed by atoms with van der Waals surface area (Å²) in [5.41, 5.74) is 1.25. The van der Waals surface area contributed by atoms with Gasteiger partial charge >= 0.3 is 0 Å². The predicted octanol–water partition coefficient (Wildman–Crippen LogP) is 2.60. The Morgan fingerprint density at radius 3 is 3.22 bits per heavy atom. The van der Waals surface area contributed by atoms with Crippen LogP contribution in [0.2, 0.25) is 0 Å². The first-order chi connectivity index (χ1) is 4.38. The molecule has 4 heteroatoms. The van der Waals surface area contributed by atoms with Crippen molar-refractivity contribution in [1.82, 2.24) is 4.72 Å². The van der Waals surface area contributed by atoms with Crippen LogP contribution in [-0.2, 0) is 0 Å². The molecule has 1 N–H and O–H groups in total. The van der Waals surface area contributed by atoms with Gasteiger partial charge in [-0.1, -0.05) is 11.6 Å². The van der Waals surface area contributed by atoms with Crippen LogP contribution >= 0.6 is 34.9 Å². The van der Waals surface area contributed by atoms with Gasteiger partial charge in [-0.25, -0.2) is 4.72 Å². The van der Waals surface area contributed by atoms with E-state index in [9.17, 15) is 0 Å². The number of alkyl halides is 1. The molecule has 0 radical (unpaired) electrons. The normalized spacial score (nSPS) is 24.3. The van der Waals surface area contributed by atoms with Gasteiger partial charge in [-0.15, -0.1) is 0 Å². The molecule has 1 aliphatic rings. The van der Waals surface area contributed by atoms with E-state index in [1.54, 1.807) is 23.3 Å². The summed E-state index contributed by atoms with van der Waals surface area (Å²) in [4.78, 5) is 1.28. The molecule has 2 heterocycles. The minimum atomic E-state index is 0.0243. The molecular weight excluding hydrogens is 174 g/mol. The zero-order valence-corrected chi connectivity index (χ0v) is 6.82. The van der Waals surface area contributed by atoms with Crippen LogP contribution in [0.4, 0.5) is 0 Å². The van der Waals surface area contributed by atoms with E-state index in [1.807, 2.05) is 0 Å². The highest BCUT2D eigenvalue weighted by Gasteiger charge is 2.20. The summed E-state index contributed by atoms with van der Waals surface area (Å²) in [7, 11) is 0. The molecule has 0 amide bonds. The van der Waals surface area contributed by atoms with Crippen molar-refractivity contribution < 1.29 is 0 Å². The molecular formula is C5H4ClNS2. The molecule has 2 rings (SSSR count).